The van der Waals surface area contributed by atoms with Crippen molar-refractivity contribution < 1.29 is 9.84 Å². The Morgan fingerprint density at radius 3 is 2.73 bits per heavy atom. The lowest BCUT2D eigenvalue weighted by atomic mass is 9.76. The zero-order chi connectivity index (χ0) is 10.7. The first kappa shape index (κ1) is 11.0. The molecule has 0 atom stereocenters. The van der Waals surface area contributed by atoms with E-state index in [1.54, 1.807) is 0 Å². The Labute approximate surface area is 92.3 Å². The molecule has 1 saturated carbocycles. The first-order chi connectivity index (χ1) is 7.24. The second-order valence-electron chi connectivity index (χ2n) is 4.97. The van der Waals surface area contributed by atoms with Crippen molar-refractivity contribution in [2.75, 3.05) is 6.61 Å². The Hall–Kier alpha value is -0.500. The lowest BCUT2D eigenvalue weighted by Crippen LogP contribution is -2.36. The average Bonchev–Trinajstić information content (AvgIpc) is 2.76. The largest absolute Gasteiger partial charge is 0.495 e. The molecule has 15 heavy (non-hydrogen) atoms. The SMILES string of the molecule is CCCC1CCC(O)(C2=CCCO2)CC1. The van der Waals surface area contributed by atoms with E-state index in [1.165, 1.54) is 12.8 Å². The lowest BCUT2D eigenvalue weighted by molar-refractivity contribution is -0.0213. The van der Waals surface area contributed by atoms with Gasteiger partial charge >= 0.3 is 0 Å². The minimum absolute atomic E-state index is 0.624. The molecule has 0 aromatic carbocycles. The molecule has 1 heterocycles. The molecule has 2 rings (SSSR count). The van der Waals surface area contributed by atoms with E-state index in [1.807, 2.05) is 0 Å². The van der Waals surface area contributed by atoms with Gasteiger partial charge in [-0.05, 0) is 37.7 Å². The third-order valence-electron chi connectivity index (χ3n) is 3.79. The van der Waals surface area contributed by atoms with Gasteiger partial charge in [0.2, 0.25) is 0 Å². The Morgan fingerprint density at radius 1 is 1.47 bits per heavy atom. The molecule has 2 nitrogen and oxygen atoms in total. The van der Waals surface area contributed by atoms with Crippen LogP contribution in [0.4, 0.5) is 0 Å². The van der Waals surface area contributed by atoms with Gasteiger partial charge in [0.25, 0.3) is 0 Å². The summed E-state index contributed by atoms with van der Waals surface area (Å²) in [7, 11) is 0. The number of hydrogen-bond acceptors (Lipinski definition) is 2. The van der Waals surface area contributed by atoms with E-state index in [9.17, 15) is 5.11 Å². The van der Waals surface area contributed by atoms with Crippen LogP contribution in [0.1, 0.15) is 51.9 Å². The normalized spacial score (nSPS) is 36.1. The maximum absolute atomic E-state index is 10.5. The van der Waals surface area contributed by atoms with Gasteiger partial charge in [-0.15, -0.1) is 0 Å². The predicted molar refractivity (Wildman–Crippen MR) is 60.5 cm³/mol. The van der Waals surface area contributed by atoms with Gasteiger partial charge < -0.3 is 9.84 Å². The Kier molecular flexibility index (Phi) is 3.35. The molecule has 0 aromatic rings. The number of ether oxygens (including phenoxy) is 1. The quantitative estimate of drug-likeness (QED) is 0.776. The summed E-state index contributed by atoms with van der Waals surface area (Å²) in [6.45, 7) is 3.00. The fraction of sp³-hybridized carbons (Fsp3) is 0.846. The highest BCUT2D eigenvalue weighted by Crippen LogP contribution is 2.40. The number of hydrogen-bond donors (Lipinski definition) is 1. The summed E-state index contributed by atoms with van der Waals surface area (Å²) in [6, 6.07) is 0. The van der Waals surface area contributed by atoms with Gasteiger partial charge in [0.1, 0.15) is 11.4 Å². The molecule has 1 fully saturated rings. The van der Waals surface area contributed by atoms with Crippen molar-refractivity contribution in [1.29, 1.82) is 0 Å². The summed E-state index contributed by atoms with van der Waals surface area (Å²) in [6.07, 6.45) is 9.72. The maximum Gasteiger partial charge on any atom is 0.124 e. The molecule has 0 unspecified atom stereocenters. The topological polar surface area (TPSA) is 29.5 Å². The summed E-state index contributed by atoms with van der Waals surface area (Å²) in [4.78, 5) is 0. The van der Waals surface area contributed by atoms with E-state index in [0.29, 0.717) is 0 Å². The number of rotatable bonds is 3. The van der Waals surface area contributed by atoms with E-state index < -0.39 is 5.60 Å². The van der Waals surface area contributed by atoms with Gasteiger partial charge in [0.15, 0.2) is 0 Å². The van der Waals surface area contributed by atoms with E-state index in [4.69, 9.17) is 4.74 Å². The molecule has 0 aromatic heterocycles. The van der Waals surface area contributed by atoms with E-state index in [0.717, 1.165) is 50.4 Å². The minimum Gasteiger partial charge on any atom is -0.495 e. The van der Waals surface area contributed by atoms with Crippen LogP contribution in [-0.4, -0.2) is 17.3 Å². The molecule has 0 saturated heterocycles. The molecular weight excluding hydrogens is 188 g/mol. The standard InChI is InChI=1S/C13H22O2/c1-2-4-11-6-8-13(14,9-7-11)12-5-3-10-15-12/h5,11,14H,2-4,6-10H2,1H3. The van der Waals surface area contributed by atoms with Gasteiger partial charge in [-0.2, -0.15) is 0 Å². The van der Waals surface area contributed by atoms with Crippen molar-refractivity contribution in [3.8, 4) is 0 Å². The van der Waals surface area contributed by atoms with Gasteiger partial charge in [0.05, 0.1) is 6.61 Å². The zero-order valence-corrected chi connectivity index (χ0v) is 9.67. The molecule has 2 heteroatoms. The van der Waals surface area contributed by atoms with Gasteiger partial charge in [-0.3, -0.25) is 0 Å². The van der Waals surface area contributed by atoms with Crippen LogP contribution in [-0.2, 0) is 4.74 Å². The highest BCUT2D eigenvalue weighted by atomic mass is 16.5. The highest BCUT2D eigenvalue weighted by molar-refractivity contribution is 5.14. The van der Waals surface area contributed by atoms with Crippen LogP contribution in [0.3, 0.4) is 0 Å². The van der Waals surface area contributed by atoms with Crippen LogP contribution in [0.25, 0.3) is 0 Å². The molecule has 1 aliphatic carbocycles. The molecule has 0 amide bonds. The van der Waals surface area contributed by atoms with Gasteiger partial charge in [-0.25, -0.2) is 0 Å². The van der Waals surface area contributed by atoms with Crippen LogP contribution in [0.15, 0.2) is 11.8 Å². The van der Waals surface area contributed by atoms with Gasteiger partial charge in [-0.1, -0.05) is 19.8 Å². The fourth-order valence-corrected chi connectivity index (χ4v) is 2.84. The van der Waals surface area contributed by atoms with Crippen molar-refractivity contribution in [2.24, 2.45) is 5.92 Å². The van der Waals surface area contributed by atoms with E-state index in [2.05, 4.69) is 13.0 Å². The third kappa shape index (κ3) is 2.36. The maximum atomic E-state index is 10.5. The Morgan fingerprint density at radius 2 is 2.20 bits per heavy atom. The van der Waals surface area contributed by atoms with Crippen molar-refractivity contribution in [1.82, 2.24) is 0 Å². The van der Waals surface area contributed by atoms with Crippen molar-refractivity contribution in [3.05, 3.63) is 11.8 Å². The smallest absolute Gasteiger partial charge is 0.124 e. The molecule has 2 aliphatic rings. The second-order valence-corrected chi connectivity index (χ2v) is 4.97. The Bertz CT molecular complexity index is 237. The molecule has 1 aliphatic heterocycles. The first-order valence-corrected chi connectivity index (χ1v) is 6.30. The monoisotopic (exact) mass is 210 g/mol. The van der Waals surface area contributed by atoms with Crippen LogP contribution < -0.4 is 0 Å². The van der Waals surface area contributed by atoms with Gasteiger partial charge in [0, 0.05) is 6.42 Å². The van der Waals surface area contributed by atoms with E-state index >= 15 is 0 Å². The predicted octanol–water partition coefficient (Wildman–Crippen LogP) is 3.01. The minimum atomic E-state index is -0.624. The zero-order valence-electron chi connectivity index (χ0n) is 9.67. The fourth-order valence-electron chi connectivity index (χ4n) is 2.84. The molecule has 1 N–H and O–H groups in total. The summed E-state index contributed by atoms with van der Waals surface area (Å²) in [5.41, 5.74) is -0.624. The molecule has 86 valence electrons. The van der Waals surface area contributed by atoms with Crippen LogP contribution in [0.5, 0.6) is 0 Å². The summed E-state index contributed by atoms with van der Waals surface area (Å²) >= 11 is 0. The summed E-state index contributed by atoms with van der Waals surface area (Å²) < 4.78 is 5.50. The average molecular weight is 210 g/mol. The van der Waals surface area contributed by atoms with Crippen LogP contribution in [0.2, 0.25) is 0 Å². The van der Waals surface area contributed by atoms with Crippen LogP contribution in [0, 0.1) is 5.92 Å². The van der Waals surface area contributed by atoms with Crippen LogP contribution >= 0.6 is 0 Å². The molecular formula is C13H22O2. The lowest BCUT2D eigenvalue weighted by Gasteiger charge is -2.36. The number of aliphatic hydroxyl groups is 1. The summed E-state index contributed by atoms with van der Waals surface area (Å²) in [5.74, 6) is 1.69. The molecule has 0 spiro atoms. The van der Waals surface area contributed by atoms with E-state index in [-0.39, 0.29) is 0 Å². The first-order valence-electron chi connectivity index (χ1n) is 6.30. The van der Waals surface area contributed by atoms with Crippen molar-refractivity contribution >= 4 is 0 Å². The summed E-state index contributed by atoms with van der Waals surface area (Å²) in [5, 5.41) is 10.5. The van der Waals surface area contributed by atoms with Crippen molar-refractivity contribution in [3.63, 3.8) is 0 Å². The highest BCUT2D eigenvalue weighted by Gasteiger charge is 2.38. The second kappa shape index (κ2) is 4.56. The molecule has 0 radical (unpaired) electrons. The molecule has 0 bridgehead atoms. The third-order valence-corrected chi connectivity index (χ3v) is 3.79. The Balaban J connectivity index is 1.90. The van der Waals surface area contributed by atoms with Crippen molar-refractivity contribution in [2.45, 2.75) is 57.5 Å².